The molecular formula is C38H41F4N9O4. The van der Waals surface area contributed by atoms with E-state index in [0.29, 0.717) is 40.9 Å². The van der Waals surface area contributed by atoms with E-state index in [4.69, 9.17) is 5.10 Å². The van der Waals surface area contributed by atoms with Crippen molar-refractivity contribution in [2.24, 2.45) is 13.0 Å². The van der Waals surface area contributed by atoms with Gasteiger partial charge in [0.1, 0.15) is 40.8 Å². The summed E-state index contributed by atoms with van der Waals surface area (Å²) in [7, 11) is 1.62. The number of pyridine rings is 2. The Morgan fingerprint density at radius 3 is 2.51 bits per heavy atom. The van der Waals surface area contributed by atoms with Crippen molar-refractivity contribution in [3.05, 3.63) is 82.0 Å². The number of carbonyl (C=O) groups is 2. The number of hydrogen-bond acceptors (Lipinski definition) is 8. The fourth-order valence-corrected chi connectivity index (χ4v) is 8.66. The summed E-state index contributed by atoms with van der Waals surface area (Å²) in [6.45, 7) is 2.55. The van der Waals surface area contributed by atoms with Gasteiger partial charge in [-0.05, 0) is 107 Å². The van der Waals surface area contributed by atoms with E-state index in [1.807, 2.05) is 10.9 Å². The Bertz CT molecular complexity index is 2320. The predicted molar refractivity (Wildman–Crippen MR) is 194 cm³/mol. The average molecular weight is 764 g/mol. The van der Waals surface area contributed by atoms with E-state index in [9.17, 15) is 32.7 Å². The molecule has 2 aliphatic heterocycles. The number of benzene rings is 1. The minimum Gasteiger partial charge on any atom is -0.374 e. The van der Waals surface area contributed by atoms with Crippen molar-refractivity contribution < 1.29 is 32.3 Å². The van der Waals surface area contributed by atoms with Gasteiger partial charge in [-0.1, -0.05) is 6.07 Å². The molecule has 3 fully saturated rings. The molecule has 1 aliphatic carbocycles. The number of imidazole rings is 1. The van der Waals surface area contributed by atoms with Crippen molar-refractivity contribution in [1.29, 1.82) is 0 Å². The lowest BCUT2D eigenvalue weighted by atomic mass is 9.84. The van der Waals surface area contributed by atoms with Crippen LogP contribution in [0.4, 0.5) is 23.4 Å². The molecule has 0 bridgehead atoms. The lowest BCUT2D eigenvalue weighted by Gasteiger charge is -2.37. The lowest BCUT2D eigenvalue weighted by molar-refractivity contribution is -0.141. The van der Waals surface area contributed by atoms with Gasteiger partial charge in [-0.3, -0.25) is 23.4 Å². The van der Waals surface area contributed by atoms with E-state index in [1.54, 1.807) is 19.2 Å². The topological polar surface area (TPSA) is 152 Å². The van der Waals surface area contributed by atoms with Crippen molar-refractivity contribution in [2.45, 2.75) is 81.8 Å². The van der Waals surface area contributed by atoms with Gasteiger partial charge in [-0.25, -0.2) is 19.2 Å². The Morgan fingerprint density at radius 1 is 1.02 bits per heavy atom. The van der Waals surface area contributed by atoms with Gasteiger partial charge in [-0.2, -0.15) is 18.3 Å². The van der Waals surface area contributed by atoms with Crippen LogP contribution >= 0.6 is 0 Å². The number of fused-ring (bicyclic) bond motifs is 2. The van der Waals surface area contributed by atoms with Crippen molar-refractivity contribution >= 4 is 39.6 Å². The number of piperidine rings is 2. The molecule has 1 saturated carbocycles. The maximum absolute atomic E-state index is 15.6. The summed E-state index contributed by atoms with van der Waals surface area (Å²) in [5, 5.41) is 20.4. The Kier molecular flexibility index (Phi) is 9.69. The molecule has 4 aromatic heterocycles. The molecule has 2 amide bonds. The van der Waals surface area contributed by atoms with E-state index in [1.165, 1.54) is 27.5 Å². The number of nitrogens with zero attached hydrogens (tertiary/aromatic N) is 7. The number of aliphatic hydroxyl groups excluding tert-OH is 1. The fourth-order valence-electron chi connectivity index (χ4n) is 8.66. The number of carbonyl (C=O) groups excluding carboxylic acids is 2. The molecule has 5 aromatic rings. The summed E-state index contributed by atoms with van der Waals surface area (Å²) in [6.07, 6.45) is 3.85. The molecule has 55 heavy (non-hydrogen) atoms. The van der Waals surface area contributed by atoms with Crippen LogP contribution in [0, 0.1) is 11.7 Å². The molecule has 17 heteroatoms. The maximum Gasteiger partial charge on any atom is 0.433 e. The number of aliphatic hydroxyl groups is 1. The molecule has 0 spiro atoms. The van der Waals surface area contributed by atoms with E-state index in [0.717, 1.165) is 75.7 Å². The number of hydrogen-bond donors (Lipinski definition) is 3. The first-order chi connectivity index (χ1) is 26.3. The van der Waals surface area contributed by atoms with Crippen molar-refractivity contribution in [2.75, 3.05) is 25.0 Å². The first-order valence-corrected chi connectivity index (χ1v) is 18.6. The zero-order chi connectivity index (χ0) is 38.6. The summed E-state index contributed by atoms with van der Waals surface area (Å²) < 4.78 is 59.6. The van der Waals surface area contributed by atoms with Gasteiger partial charge in [0.15, 0.2) is 0 Å². The summed E-state index contributed by atoms with van der Waals surface area (Å²) in [5.74, 6) is -0.965. The third kappa shape index (κ3) is 7.22. The second-order valence-corrected chi connectivity index (χ2v) is 15.0. The van der Waals surface area contributed by atoms with E-state index < -0.39 is 36.0 Å². The van der Waals surface area contributed by atoms with Crippen LogP contribution in [-0.4, -0.2) is 76.6 Å². The standard InChI is InChI=1S/C38H41F4N9O4/c1-48-34-28(51(37(48)55)29-11-12-32(52)46-36(29)54)10-9-25(39)33(34)22-13-15-49(16-14-22)19-21-5-7-24(8-6-21)50-20-23-17-31(43-18-27(23)47-50)45-35(53)26-3-2-4-30(44-26)38(40,41)42/h2-4,9-10,17-18,20-22,24,29,32,52H,5-8,11-16,19H2,1H3,(H,45,53)(H,46,54). The normalized spacial score (nSPS) is 23.0. The number of alkyl halides is 3. The number of anilines is 1. The number of rotatable bonds is 7. The first-order valence-electron chi connectivity index (χ1n) is 18.6. The molecule has 3 N–H and O–H groups in total. The number of nitrogens with one attached hydrogen (secondary N) is 2. The van der Waals surface area contributed by atoms with Gasteiger partial charge >= 0.3 is 11.9 Å². The monoisotopic (exact) mass is 763 g/mol. The van der Waals surface area contributed by atoms with Gasteiger partial charge in [0.25, 0.3) is 5.91 Å². The average Bonchev–Trinajstić information content (AvgIpc) is 3.70. The largest absolute Gasteiger partial charge is 0.433 e. The van der Waals surface area contributed by atoms with E-state index >= 15 is 4.39 Å². The van der Waals surface area contributed by atoms with Gasteiger partial charge in [0.2, 0.25) is 5.91 Å². The fraction of sp³-hybridized carbons (Fsp3) is 0.474. The Hall–Kier alpha value is -5.16. The van der Waals surface area contributed by atoms with Crippen LogP contribution in [0.25, 0.3) is 21.9 Å². The van der Waals surface area contributed by atoms with Crippen LogP contribution in [0.2, 0.25) is 0 Å². The smallest absolute Gasteiger partial charge is 0.374 e. The van der Waals surface area contributed by atoms with Crippen LogP contribution in [-0.2, 0) is 18.0 Å². The highest BCUT2D eigenvalue weighted by molar-refractivity contribution is 6.03. The Morgan fingerprint density at radius 2 is 1.78 bits per heavy atom. The quantitative estimate of drug-likeness (QED) is 0.190. The van der Waals surface area contributed by atoms with Crippen molar-refractivity contribution in [3.63, 3.8) is 0 Å². The highest BCUT2D eigenvalue weighted by atomic mass is 19.4. The lowest BCUT2D eigenvalue weighted by Crippen LogP contribution is -2.46. The second-order valence-electron chi connectivity index (χ2n) is 15.0. The zero-order valence-electron chi connectivity index (χ0n) is 30.1. The van der Waals surface area contributed by atoms with E-state index in [2.05, 4.69) is 25.5 Å². The van der Waals surface area contributed by atoms with Crippen LogP contribution in [0.15, 0.2) is 53.6 Å². The molecule has 2 saturated heterocycles. The van der Waals surface area contributed by atoms with Crippen LogP contribution < -0.4 is 16.3 Å². The molecule has 290 valence electrons. The number of likely N-dealkylation sites (tertiary alicyclic amines) is 1. The van der Waals surface area contributed by atoms with Gasteiger partial charge in [0, 0.05) is 30.7 Å². The van der Waals surface area contributed by atoms with Crippen molar-refractivity contribution in [3.8, 4) is 0 Å². The van der Waals surface area contributed by atoms with Gasteiger partial charge in [0.05, 0.1) is 23.3 Å². The van der Waals surface area contributed by atoms with Crippen molar-refractivity contribution in [1.82, 2.24) is 39.1 Å². The number of amides is 2. The minimum absolute atomic E-state index is 0.0753. The maximum atomic E-state index is 15.6. The summed E-state index contributed by atoms with van der Waals surface area (Å²) in [6, 6.07) is 7.18. The first kappa shape index (κ1) is 36.8. The molecule has 6 heterocycles. The molecule has 2 unspecified atom stereocenters. The van der Waals surface area contributed by atoms with Gasteiger partial charge in [-0.15, -0.1) is 0 Å². The summed E-state index contributed by atoms with van der Waals surface area (Å²) in [5.41, 5.74) is 0.323. The number of halogens is 4. The SMILES string of the molecule is Cn1c(=O)n(C2CCC(O)NC2=O)c2ccc(F)c(C3CCN(CC4CCC(n5cc6cc(NC(=O)c7cccc(C(F)(F)F)n7)ncc6n5)CC4)CC3)c21. The molecule has 1 aromatic carbocycles. The summed E-state index contributed by atoms with van der Waals surface area (Å²) >= 11 is 0. The molecular weight excluding hydrogens is 722 g/mol. The third-order valence-corrected chi connectivity index (χ3v) is 11.5. The minimum atomic E-state index is -4.67. The highest BCUT2D eigenvalue weighted by Crippen LogP contribution is 2.38. The summed E-state index contributed by atoms with van der Waals surface area (Å²) in [4.78, 5) is 48.9. The molecule has 13 nitrogen and oxygen atoms in total. The highest BCUT2D eigenvalue weighted by Gasteiger charge is 2.35. The zero-order valence-corrected chi connectivity index (χ0v) is 30.1. The molecule has 2 atom stereocenters. The Labute approximate surface area is 312 Å². The molecule has 0 radical (unpaired) electrons. The van der Waals surface area contributed by atoms with E-state index in [-0.39, 0.29) is 35.0 Å². The van der Waals surface area contributed by atoms with Gasteiger partial charge < -0.3 is 20.6 Å². The second kappa shape index (κ2) is 14.5. The molecule has 3 aliphatic rings. The number of aryl methyl sites for hydroxylation is 1. The van der Waals surface area contributed by atoms with Crippen LogP contribution in [0.5, 0.6) is 0 Å². The predicted octanol–water partition coefficient (Wildman–Crippen LogP) is 5.27. The Balaban J connectivity index is 0.867. The molecule has 8 rings (SSSR count). The third-order valence-electron chi connectivity index (χ3n) is 11.5. The number of aromatic nitrogens is 6. The van der Waals surface area contributed by atoms with Crippen LogP contribution in [0.3, 0.4) is 0 Å². The van der Waals surface area contributed by atoms with Crippen LogP contribution in [0.1, 0.15) is 91.1 Å².